The molecule has 0 N–H and O–H groups in total. The van der Waals surface area contributed by atoms with E-state index < -0.39 is 40.7 Å². The van der Waals surface area contributed by atoms with Gasteiger partial charge in [-0.3, -0.25) is 10.1 Å². The van der Waals surface area contributed by atoms with Crippen molar-refractivity contribution in [2.45, 2.75) is 12.8 Å². The summed E-state index contributed by atoms with van der Waals surface area (Å²) in [6.45, 7) is 0. The van der Waals surface area contributed by atoms with Crippen molar-refractivity contribution < 1.29 is 27.6 Å². The van der Waals surface area contributed by atoms with Gasteiger partial charge < -0.3 is 9.47 Å². The van der Waals surface area contributed by atoms with Crippen molar-refractivity contribution in [1.82, 2.24) is 4.98 Å². The molecule has 0 fully saturated rings. The second kappa shape index (κ2) is 5.38. The summed E-state index contributed by atoms with van der Waals surface area (Å²) >= 11 is 0. The fourth-order valence-corrected chi connectivity index (χ4v) is 1.22. The third-order valence-electron chi connectivity index (χ3n) is 1.91. The van der Waals surface area contributed by atoms with Gasteiger partial charge in [0, 0.05) is 0 Å². The van der Waals surface area contributed by atoms with Gasteiger partial charge in [0.25, 0.3) is 5.69 Å². The number of aromatic nitrogens is 1. The molecular weight excluding hydrogens is 271 g/mol. The largest absolute Gasteiger partial charge is 0.574 e. The van der Waals surface area contributed by atoms with Gasteiger partial charge in [-0.1, -0.05) is 0 Å². The number of rotatable bonds is 4. The molecule has 0 bridgehead atoms. The van der Waals surface area contributed by atoms with Gasteiger partial charge in [-0.25, -0.2) is 0 Å². The SMILES string of the molecule is COc1cc([N+](=O)[O-])c(CC#N)c(OC(F)(F)F)n1. The van der Waals surface area contributed by atoms with Crippen molar-refractivity contribution in [1.29, 1.82) is 5.26 Å². The highest BCUT2D eigenvalue weighted by Crippen LogP contribution is 2.34. The highest BCUT2D eigenvalue weighted by Gasteiger charge is 2.35. The zero-order chi connectivity index (χ0) is 14.6. The molecule has 0 unspecified atom stereocenters. The van der Waals surface area contributed by atoms with E-state index in [9.17, 15) is 23.3 Å². The normalized spacial score (nSPS) is 10.7. The molecule has 0 saturated carbocycles. The summed E-state index contributed by atoms with van der Waals surface area (Å²) < 4.78 is 44.6. The van der Waals surface area contributed by atoms with E-state index in [2.05, 4.69) is 14.5 Å². The topological polar surface area (TPSA) is 98.3 Å². The van der Waals surface area contributed by atoms with E-state index in [1.165, 1.54) is 6.07 Å². The molecule has 102 valence electrons. The lowest BCUT2D eigenvalue weighted by molar-refractivity contribution is -0.385. The maximum atomic E-state index is 12.2. The van der Waals surface area contributed by atoms with Crippen LogP contribution >= 0.6 is 0 Å². The number of nitro groups is 1. The highest BCUT2D eigenvalue weighted by atomic mass is 19.4. The minimum Gasteiger partial charge on any atom is -0.481 e. The van der Waals surface area contributed by atoms with Gasteiger partial charge in [-0.2, -0.15) is 10.2 Å². The van der Waals surface area contributed by atoms with Crippen LogP contribution in [0.1, 0.15) is 5.56 Å². The van der Waals surface area contributed by atoms with Crippen LogP contribution in [0.5, 0.6) is 11.8 Å². The molecule has 0 aromatic carbocycles. The Morgan fingerprint density at radius 1 is 1.58 bits per heavy atom. The molecule has 0 spiro atoms. The van der Waals surface area contributed by atoms with Crippen LogP contribution in [0.3, 0.4) is 0 Å². The maximum Gasteiger partial charge on any atom is 0.574 e. The smallest absolute Gasteiger partial charge is 0.481 e. The first-order valence-electron chi connectivity index (χ1n) is 4.63. The number of nitriles is 1. The van der Waals surface area contributed by atoms with Crippen LogP contribution < -0.4 is 9.47 Å². The quantitative estimate of drug-likeness (QED) is 0.616. The molecule has 10 heteroatoms. The summed E-state index contributed by atoms with van der Waals surface area (Å²) in [5, 5.41) is 19.3. The molecule has 0 radical (unpaired) electrons. The molecule has 0 aliphatic carbocycles. The van der Waals surface area contributed by atoms with E-state index in [1.807, 2.05) is 0 Å². The fourth-order valence-electron chi connectivity index (χ4n) is 1.22. The molecule has 19 heavy (non-hydrogen) atoms. The third kappa shape index (κ3) is 3.70. The molecule has 0 aliphatic rings. The highest BCUT2D eigenvalue weighted by molar-refractivity contribution is 5.50. The Balaban J connectivity index is 3.44. The molecule has 0 saturated heterocycles. The van der Waals surface area contributed by atoms with Gasteiger partial charge in [0.15, 0.2) is 0 Å². The molecule has 1 aromatic heterocycles. The molecule has 0 amide bonds. The number of hydrogen-bond donors (Lipinski definition) is 0. The van der Waals surface area contributed by atoms with E-state index in [0.717, 1.165) is 13.2 Å². The van der Waals surface area contributed by atoms with Crippen LogP contribution in [0.15, 0.2) is 6.07 Å². The van der Waals surface area contributed by atoms with Crippen molar-refractivity contribution in [3.63, 3.8) is 0 Å². The minimum atomic E-state index is -5.09. The second-order valence-electron chi connectivity index (χ2n) is 3.11. The monoisotopic (exact) mass is 277 g/mol. The summed E-state index contributed by atoms with van der Waals surface area (Å²) in [7, 11) is 1.08. The van der Waals surface area contributed by atoms with Crippen LogP contribution in [0.2, 0.25) is 0 Å². The standard InChI is InChI=1S/C9H6F3N3O4/c1-18-7-4-6(15(16)17)5(2-3-13)8(14-7)19-9(10,11)12/h4H,2H2,1H3. The number of nitrogens with zero attached hydrogens (tertiary/aromatic N) is 3. The Hall–Kier alpha value is -2.57. The molecule has 1 heterocycles. The Morgan fingerprint density at radius 3 is 2.63 bits per heavy atom. The van der Waals surface area contributed by atoms with Crippen molar-refractivity contribution in [2.75, 3.05) is 7.11 Å². The lowest BCUT2D eigenvalue weighted by Gasteiger charge is -2.12. The first-order chi connectivity index (χ1) is 8.78. The summed E-state index contributed by atoms with van der Waals surface area (Å²) in [4.78, 5) is 13.1. The maximum absolute atomic E-state index is 12.2. The second-order valence-corrected chi connectivity index (χ2v) is 3.11. The summed E-state index contributed by atoms with van der Waals surface area (Å²) in [6.07, 6.45) is -5.74. The lowest BCUT2D eigenvalue weighted by Crippen LogP contribution is -2.19. The first kappa shape index (κ1) is 14.5. The number of methoxy groups -OCH3 is 1. The van der Waals surface area contributed by atoms with Gasteiger partial charge in [0.05, 0.1) is 30.6 Å². The van der Waals surface area contributed by atoms with Crippen molar-refractivity contribution in [2.24, 2.45) is 0 Å². The van der Waals surface area contributed by atoms with Gasteiger partial charge in [0.1, 0.15) is 5.56 Å². The number of ether oxygens (including phenoxy) is 2. The van der Waals surface area contributed by atoms with Crippen LogP contribution in [-0.4, -0.2) is 23.4 Å². The molecule has 1 rings (SSSR count). The van der Waals surface area contributed by atoms with E-state index in [-0.39, 0.29) is 0 Å². The molecule has 0 aliphatic heterocycles. The molecule has 1 aromatic rings. The Bertz CT molecular complexity index is 539. The van der Waals surface area contributed by atoms with E-state index in [1.54, 1.807) is 0 Å². The summed E-state index contributed by atoms with van der Waals surface area (Å²) in [5.74, 6) is -1.49. The van der Waals surface area contributed by atoms with Crippen molar-refractivity contribution in [3.8, 4) is 17.8 Å². The van der Waals surface area contributed by atoms with Crippen LogP contribution in [0, 0.1) is 21.4 Å². The third-order valence-corrected chi connectivity index (χ3v) is 1.91. The zero-order valence-electron chi connectivity index (χ0n) is 9.39. The Morgan fingerprint density at radius 2 is 2.21 bits per heavy atom. The van der Waals surface area contributed by atoms with Crippen molar-refractivity contribution >= 4 is 5.69 Å². The lowest BCUT2D eigenvalue weighted by atomic mass is 10.1. The summed E-state index contributed by atoms with van der Waals surface area (Å²) in [5.41, 5.74) is -1.29. The van der Waals surface area contributed by atoms with Crippen LogP contribution in [0.4, 0.5) is 18.9 Å². The summed E-state index contributed by atoms with van der Waals surface area (Å²) in [6, 6.07) is 2.33. The van der Waals surface area contributed by atoms with E-state index >= 15 is 0 Å². The first-order valence-corrected chi connectivity index (χ1v) is 4.63. The number of pyridine rings is 1. The fraction of sp³-hybridized carbons (Fsp3) is 0.333. The van der Waals surface area contributed by atoms with Crippen LogP contribution in [-0.2, 0) is 6.42 Å². The number of hydrogen-bond acceptors (Lipinski definition) is 6. The zero-order valence-corrected chi connectivity index (χ0v) is 9.39. The number of alkyl halides is 3. The van der Waals surface area contributed by atoms with Gasteiger partial charge >= 0.3 is 6.36 Å². The van der Waals surface area contributed by atoms with E-state index in [0.29, 0.717) is 0 Å². The van der Waals surface area contributed by atoms with Crippen molar-refractivity contribution in [3.05, 3.63) is 21.7 Å². The predicted octanol–water partition coefficient (Wildman–Crippen LogP) is 1.96. The number of halogens is 3. The average Bonchev–Trinajstić information content (AvgIpc) is 2.29. The Labute approximate surface area is 104 Å². The minimum absolute atomic E-state index is 0.423. The van der Waals surface area contributed by atoms with Crippen LogP contribution in [0.25, 0.3) is 0 Å². The van der Waals surface area contributed by atoms with Gasteiger partial charge in [0.2, 0.25) is 11.8 Å². The van der Waals surface area contributed by atoms with Gasteiger partial charge in [-0.15, -0.1) is 13.2 Å². The predicted molar refractivity (Wildman–Crippen MR) is 53.4 cm³/mol. The van der Waals surface area contributed by atoms with E-state index in [4.69, 9.17) is 5.26 Å². The average molecular weight is 277 g/mol. The molecule has 0 atom stereocenters. The molecule has 7 nitrogen and oxygen atoms in total. The Kier molecular flexibility index (Phi) is 4.11. The van der Waals surface area contributed by atoms with Gasteiger partial charge in [-0.05, 0) is 0 Å². The molecular formula is C9H6F3N3O4.